The molecule has 0 aromatic heterocycles. The van der Waals surface area contributed by atoms with Crippen molar-refractivity contribution in [2.24, 2.45) is 0 Å². The minimum atomic E-state index is 0.0106. The highest BCUT2D eigenvalue weighted by Gasteiger charge is 2.13. The Bertz CT molecular complexity index is 622. The molecule has 2 aromatic rings. The second-order valence-corrected chi connectivity index (χ2v) is 5.07. The lowest BCUT2D eigenvalue weighted by atomic mass is 10.1. The lowest BCUT2D eigenvalue weighted by Crippen LogP contribution is -2.31. The molecule has 2 rings (SSSR count). The third-order valence-corrected chi connectivity index (χ3v) is 3.48. The predicted molar refractivity (Wildman–Crippen MR) is 86.6 cm³/mol. The van der Waals surface area contributed by atoms with Gasteiger partial charge in [-0.15, -0.1) is 0 Å². The van der Waals surface area contributed by atoms with Gasteiger partial charge in [0.15, 0.2) is 0 Å². The molecule has 0 spiro atoms. The maximum absolute atomic E-state index is 12.3. The molecule has 0 aliphatic heterocycles. The molecule has 0 bridgehead atoms. The van der Waals surface area contributed by atoms with E-state index in [9.17, 15) is 4.79 Å². The maximum Gasteiger partial charge on any atom is 0.253 e. The van der Waals surface area contributed by atoms with E-state index in [-0.39, 0.29) is 5.91 Å². The number of nitrogens with zero attached hydrogens (tertiary/aromatic N) is 1. The van der Waals surface area contributed by atoms with E-state index in [1.807, 2.05) is 55.5 Å². The Morgan fingerprint density at radius 1 is 1.05 bits per heavy atom. The highest BCUT2D eigenvalue weighted by atomic mass is 16.5. The molecular formula is C18H21NO3. The van der Waals surface area contributed by atoms with Crippen molar-refractivity contribution in [3.63, 3.8) is 0 Å². The first-order chi connectivity index (χ1) is 10.6. The van der Waals surface area contributed by atoms with Gasteiger partial charge >= 0.3 is 0 Å². The molecular weight excluding hydrogens is 278 g/mol. The van der Waals surface area contributed by atoms with E-state index in [1.165, 1.54) is 0 Å². The number of ether oxygens (including phenoxy) is 2. The number of likely N-dealkylation sites (N-methyl/N-ethyl adjacent to an activating group) is 1. The molecule has 0 aliphatic rings. The number of hydrogen-bond donors (Lipinski definition) is 0. The van der Waals surface area contributed by atoms with E-state index in [0.717, 1.165) is 22.6 Å². The summed E-state index contributed by atoms with van der Waals surface area (Å²) in [6.07, 6.45) is 0. The summed E-state index contributed by atoms with van der Waals surface area (Å²) in [5.74, 6) is 1.56. The molecule has 2 aromatic carbocycles. The summed E-state index contributed by atoms with van der Waals surface area (Å²) in [7, 11) is 3.41. The second kappa shape index (κ2) is 7.50. The Balaban J connectivity index is 1.85. The Labute approximate surface area is 131 Å². The van der Waals surface area contributed by atoms with Crippen LogP contribution in [0.2, 0.25) is 0 Å². The highest BCUT2D eigenvalue weighted by molar-refractivity contribution is 5.95. The van der Waals surface area contributed by atoms with Crippen molar-refractivity contribution in [3.05, 3.63) is 59.7 Å². The van der Waals surface area contributed by atoms with Gasteiger partial charge in [-0.25, -0.2) is 0 Å². The van der Waals surface area contributed by atoms with Gasteiger partial charge in [-0.1, -0.05) is 18.2 Å². The zero-order chi connectivity index (χ0) is 15.9. The number of hydrogen-bond acceptors (Lipinski definition) is 3. The minimum Gasteiger partial charge on any atom is -0.497 e. The zero-order valence-corrected chi connectivity index (χ0v) is 13.2. The fraction of sp³-hybridized carbons (Fsp3) is 0.278. The van der Waals surface area contributed by atoms with E-state index in [0.29, 0.717) is 13.2 Å². The summed E-state index contributed by atoms with van der Waals surface area (Å²) < 4.78 is 10.7. The summed E-state index contributed by atoms with van der Waals surface area (Å²) >= 11 is 0. The van der Waals surface area contributed by atoms with E-state index < -0.39 is 0 Å². The number of amides is 1. The van der Waals surface area contributed by atoms with Crippen molar-refractivity contribution in [2.45, 2.75) is 6.92 Å². The van der Waals surface area contributed by atoms with Crippen LogP contribution in [0.5, 0.6) is 11.5 Å². The molecule has 1 amide bonds. The smallest absolute Gasteiger partial charge is 0.253 e. The Kier molecular flexibility index (Phi) is 5.42. The van der Waals surface area contributed by atoms with E-state index in [4.69, 9.17) is 9.47 Å². The number of aryl methyl sites for hydroxylation is 1. The number of carbonyl (C=O) groups is 1. The highest BCUT2D eigenvalue weighted by Crippen LogP contribution is 2.17. The first-order valence-corrected chi connectivity index (χ1v) is 7.20. The second-order valence-electron chi connectivity index (χ2n) is 5.07. The topological polar surface area (TPSA) is 38.8 Å². The van der Waals surface area contributed by atoms with Crippen LogP contribution in [0.4, 0.5) is 0 Å². The first-order valence-electron chi connectivity index (χ1n) is 7.20. The van der Waals surface area contributed by atoms with Gasteiger partial charge in [0.05, 0.1) is 13.7 Å². The Morgan fingerprint density at radius 3 is 2.32 bits per heavy atom. The quantitative estimate of drug-likeness (QED) is 0.822. The fourth-order valence-corrected chi connectivity index (χ4v) is 2.09. The maximum atomic E-state index is 12.3. The Hall–Kier alpha value is -2.49. The monoisotopic (exact) mass is 299 g/mol. The van der Waals surface area contributed by atoms with Gasteiger partial charge in [0.1, 0.15) is 18.1 Å². The fourth-order valence-electron chi connectivity index (χ4n) is 2.09. The molecule has 22 heavy (non-hydrogen) atoms. The van der Waals surface area contributed by atoms with Crippen LogP contribution >= 0.6 is 0 Å². The molecule has 0 unspecified atom stereocenters. The molecule has 0 aliphatic carbocycles. The largest absolute Gasteiger partial charge is 0.497 e. The Morgan fingerprint density at radius 2 is 1.68 bits per heavy atom. The molecule has 0 atom stereocenters. The zero-order valence-electron chi connectivity index (χ0n) is 13.2. The van der Waals surface area contributed by atoms with Crippen molar-refractivity contribution in [1.29, 1.82) is 0 Å². The lowest BCUT2D eigenvalue weighted by Gasteiger charge is -2.18. The van der Waals surface area contributed by atoms with Crippen molar-refractivity contribution in [1.82, 2.24) is 4.90 Å². The van der Waals surface area contributed by atoms with Crippen LogP contribution in [0, 0.1) is 6.92 Å². The van der Waals surface area contributed by atoms with Crippen molar-refractivity contribution in [3.8, 4) is 11.5 Å². The summed E-state index contributed by atoms with van der Waals surface area (Å²) in [6, 6.07) is 15.0. The number of benzene rings is 2. The molecule has 116 valence electrons. The van der Waals surface area contributed by atoms with Crippen LogP contribution < -0.4 is 9.47 Å². The molecule has 0 radical (unpaired) electrons. The van der Waals surface area contributed by atoms with Crippen LogP contribution in [-0.2, 0) is 0 Å². The van der Waals surface area contributed by atoms with Gasteiger partial charge in [-0.2, -0.15) is 0 Å². The minimum absolute atomic E-state index is 0.0106. The van der Waals surface area contributed by atoms with Gasteiger partial charge < -0.3 is 14.4 Å². The number of rotatable bonds is 6. The van der Waals surface area contributed by atoms with Gasteiger partial charge in [-0.05, 0) is 42.8 Å². The molecule has 0 fully saturated rings. The number of methoxy groups -OCH3 is 1. The summed E-state index contributed by atoms with van der Waals surface area (Å²) in [6.45, 7) is 2.91. The third kappa shape index (κ3) is 4.01. The van der Waals surface area contributed by atoms with Crippen LogP contribution in [-0.4, -0.2) is 38.1 Å². The van der Waals surface area contributed by atoms with Crippen LogP contribution in [0.1, 0.15) is 15.9 Å². The molecule has 0 heterocycles. The third-order valence-electron chi connectivity index (χ3n) is 3.48. The van der Waals surface area contributed by atoms with E-state index in [1.54, 1.807) is 19.1 Å². The van der Waals surface area contributed by atoms with Crippen LogP contribution in [0.15, 0.2) is 48.5 Å². The van der Waals surface area contributed by atoms with E-state index >= 15 is 0 Å². The molecule has 0 N–H and O–H groups in total. The van der Waals surface area contributed by atoms with Gasteiger partial charge in [0, 0.05) is 12.6 Å². The summed E-state index contributed by atoms with van der Waals surface area (Å²) in [5, 5.41) is 0. The predicted octanol–water partition coefficient (Wildman–Crippen LogP) is 3.15. The standard InChI is InChI=1S/C18H21NO3/c1-14-6-4-5-7-17(14)18(20)19(2)12-13-22-16-10-8-15(21-3)9-11-16/h4-11H,12-13H2,1-3H3. The van der Waals surface area contributed by atoms with Gasteiger partial charge in [0.25, 0.3) is 5.91 Å². The average Bonchev–Trinajstić information content (AvgIpc) is 2.55. The van der Waals surface area contributed by atoms with Gasteiger partial charge in [-0.3, -0.25) is 4.79 Å². The van der Waals surface area contributed by atoms with Crippen LogP contribution in [0.25, 0.3) is 0 Å². The van der Waals surface area contributed by atoms with Crippen molar-refractivity contribution in [2.75, 3.05) is 27.3 Å². The van der Waals surface area contributed by atoms with Crippen LogP contribution in [0.3, 0.4) is 0 Å². The molecule has 4 nitrogen and oxygen atoms in total. The summed E-state index contributed by atoms with van der Waals surface area (Å²) in [5.41, 5.74) is 1.71. The van der Waals surface area contributed by atoms with E-state index in [2.05, 4.69) is 0 Å². The molecule has 0 saturated heterocycles. The van der Waals surface area contributed by atoms with Gasteiger partial charge in [0.2, 0.25) is 0 Å². The first kappa shape index (κ1) is 15.9. The SMILES string of the molecule is COc1ccc(OCCN(C)C(=O)c2ccccc2C)cc1. The normalized spacial score (nSPS) is 10.1. The number of carbonyl (C=O) groups excluding carboxylic acids is 1. The lowest BCUT2D eigenvalue weighted by molar-refractivity contribution is 0.0773. The molecule has 0 saturated carbocycles. The van der Waals surface area contributed by atoms with Crippen molar-refractivity contribution < 1.29 is 14.3 Å². The average molecular weight is 299 g/mol. The van der Waals surface area contributed by atoms with Crippen molar-refractivity contribution >= 4 is 5.91 Å². The molecule has 4 heteroatoms. The summed E-state index contributed by atoms with van der Waals surface area (Å²) in [4.78, 5) is 14.0.